The summed E-state index contributed by atoms with van der Waals surface area (Å²) in [6.07, 6.45) is -6.45. The van der Waals surface area contributed by atoms with E-state index in [1.807, 2.05) is 0 Å². The lowest BCUT2D eigenvalue weighted by molar-refractivity contribution is -0.134. The summed E-state index contributed by atoms with van der Waals surface area (Å²) in [5.74, 6) is -1.01. The van der Waals surface area contributed by atoms with Gasteiger partial charge in [-0.25, -0.2) is 0 Å². The van der Waals surface area contributed by atoms with E-state index < -0.39 is 36.0 Å². The van der Waals surface area contributed by atoms with Gasteiger partial charge in [-0.05, 0) is 38.5 Å². The van der Waals surface area contributed by atoms with E-state index in [0.29, 0.717) is 5.56 Å². The normalized spacial score (nSPS) is 13.5. The molecular formula is C24H19F3O5. The predicted octanol–water partition coefficient (Wildman–Crippen LogP) is 5.16. The molecule has 32 heavy (non-hydrogen) atoms. The fourth-order valence-corrected chi connectivity index (χ4v) is 3.94. The number of benzene rings is 2. The molecule has 4 rings (SSSR count). The Kier molecular flexibility index (Phi) is 5.19. The highest BCUT2D eigenvalue weighted by Gasteiger charge is 2.36. The molecule has 0 bridgehead atoms. The Morgan fingerprint density at radius 1 is 1.00 bits per heavy atom. The molecule has 0 saturated carbocycles. The first-order chi connectivity index (χ1) is 15.0. The number of ether oxygens (including phenoxy) is 1. The lowest BCUT2D eigenvalue weighted by atomic mass is 9.81. The molecule has 0 spiro atoms. The van der Waals surface area contributed by atoms with Gasteiger partial charge in [0.2, 0.25) is 5.78 Å². The molecule has 1 heterocycles. The topological polar surface area (TPSA) is 73.6 Å². The van der Waals surface area contributed by atoms with Crippen LogP contribution in [0.3, 0.4) is 0 Å². The lowest BCUT2D eigenvalue weighted by Crippen LogP contribution is -2.24. The van der Waals surface area contributed by atoms with Crippen LogP contribution < -0.4 is 10.2 Å². The van der Waals surface area contributed by atoms with Crippen molar-refractivity contribution >= 4 is 22.5 Å². The van der Waals surface area contributed by atoms with Gasteiger partial charge in [0, 0.05) is 23.6 Å². The van der Waals surface area contributed by atoms with E-state index in [-0.39, 0.29) is 50.8 Å². The third kappa shape index (κ3) is 3.70. The third-order valence-corrected chi connectivity index (χ3v) is 5.24. The lowest BCUT2D eigenvalue weighted by Gasteiger charge is -2.22. The molecular weight excluding hydrogens is 425 g/mol. The minimum absolute atomic E-state index is 0.0466. The predicted molar refractivity (Wildman–Crippen MR) is 111 cm³/mol. The minimum atomic E-state index is -4.44. The maximum Gasteiger partial charge on any atom is 0.389 e. The second-order valence-electron chi connectivity index (χ2n) is 8.02. The van der Waals surface area contributed by atoms with Gasteiger partial charge >= 0.3 is 6.18 Å². The van der Waals surface area contributed by atoms with E-state index in [2.05, 4.69) is 0 Å². The number of ketones is 2. The van der Waals surface area contributed by atoms with E-state index in [1.54, 1.807) is 32.9 Å². The van der Waals surface area contributed by atoms with E-state index in [4.69, 9.17) is 9.15 Å². The van der Waals surface area contributed by atoms with E-state index in [1.165, 1.54) is 12.1 Å². The smallest absolute Gasteiger partial charge is 0.389 e. The average Bonchev–Trinajstić information content (AvgIpc) is 2.69. The second kappa shape index (κ2) is 7.62. The van der Waals surface area contributed by atoms with Gasteiger partial charge in [0.1, 0.15) is 17.1 Å². The van der Waals surface area contributed by atoms with Crippen molar-refractivity contribution in [3.63, 3.8) is 0 Å². The van der Waals surface area contributed by atoms with Crippen molar-refractivity contribution in [2.24, 2.45) is 0 Å². The van der Waals surface area contributed by atoms with E-state index in [9.17, 15) is 27.6 Å². The first-order valence-corrected chi connectivity index (χ1v) is 10.0. The van der Waals surface area contributed by atoms with Crippen LogP contribution in [0.4, 0.5) is 13.2 Å². The van der Waals surface area contributed by atoms with Gasteiger partial charge in [-0.1, -0.05) is 12.1 Å². The summed E-state index contributed by atoms with van der Waals surface area (Å²) in [6, 6.07) is 7.14. The summed E-state index contributed by atoms with van der Waals surface area (Å²) in [4.78, 5) is 39.5. The maximum absolute atomic E-state index is 13.5. The number of carbonyl (C=O) groups is 2. The van der Waals surface area contributed by atoms with Crippen molar-refractivity contribution in [1.29, 1.82) is 0 Å². The quantitative estimate of drug-likeness (QED) is 0.435. The number of hydrogen-bond donors (Lipinski definition) is 0. The number of hydrogen-bond acceptors (Lipinski definition) is 5. The molecule has 1 aliphatic rings. The number of alkyl halides is 3. The summed E-state index contributed by atoms with van der Waals surface area (Å²) >= 11 is 0. The zero-order chi connectivity index (χ0) is 23.4. The maximum atomic E-state index is 13.5. The standard InChI is InChI=1S/C24H19F3O5/c1-11(2)31-17-6-4-5-14-19(17)22(30)20-15(21(14)29)9-12(3)18-16(28)10-13(32-23(18)20)7-8-24(25,26)27/h4-6,9-11H,7-8H2,1-3H3. The fourth-order valence-electron chi connectivity index (χ4n) is 3.94. The summed E-state index contributed by atoms with van der Waals surface area (Å²) in [7, 11) is 0. The highest BCUT2D eigenvalue weighted by molar-refractivity contribution is 6.32. The van der Waals surface area contributed by atoms with Gasteiger partial charge < -0.3 is 9.15 Å². The third-order valence-electron chi connectivity index (χ3n) is 5.24. The number of aryl methyl sites for hydroxylation is 2. The monoisotopic (exact) mass is 444 g/mol. The van der Waals surface area contributed by atoms with Gasteiger partial charge in [-0.2, -0.15) is 13.2 Å². The summed E-state index contributed by atoms with van der Waals surface area (Å²) in [6.45, 7) is 5.13. The molecule has 0 saturated heterocycles. The molecule has 3 aromatic rings. The number of carbonyl (C=O) groups excluding carboxylic acids is 2. The molecule has 0 atom stereocenters. The van der Waals surface area contributed by atoms with Crippen LogP contribution in [-0.2, 0) is 6.42 Å². The zero-order valence-electron chi connectivity index (χ0n) is 17.6. The minimum Gasteiger partial charge on any atom is -0.490 e. The molecule has 8 heteroatoms. The molecule has 0 unspecified atom stereocenters. The highest BCUT2D eigenvalue weighted by atomic mass is 19.4. The molecule has 166 valence electrons. The largest absolute Gasteiger partial charge is 0.490 e. The molecule has 0 amide bonds. The highest BCUT2D eigenvalue weighted by Crippen LogP contribution is 2.38. The van der Waals surface area contributed by atoms with Crippen molar-refractivity contribution in [1.82, 2.24) is 0 Å². The van der Waals surface area contributed by atoms with Crippen LogP contribution in [0.1, 0.15) is 63.4 Å². The average molecular weight is 444 g/mol. The number of fused-ring (bicyclic) bond motifs is 4. The van der Waals surface area contributed by atoms with Crippen LogP contribution in [0.25, 0.3) is 11.0 Å². The van der Waals surface area contributed by atoms with Crippen LogP contribution in [0.5, 0.6) is 5.75 Å². The Bertz CT molecular complexity index is 1330. The summed E-state index contributed by atoms with van der Waals surface area (Å²) in [5.41, 5.74) is -0.218. The summed E-state index contributed by atoms with van der Waals surface area (Å²) in [5, 5.41) is 0.0615. The van der Waals surface area contributed by atoms with Crippen molar-refractivity contribution in [3.8, 4) is 5.75 Å². The Labute approximate surface area is 180 Å². The van der Waals surface area contributed by atoms with E-state index in [0.717, 1.165) is 6.07 Å². The Morgan fingerprint density at radius 2 is 1.72 bits per heavy atom. The van der Waals surface area contributed by atoms with Gasteiger partial charge in [-0.3, -0.25) is 14.4 Å². The van der Waals surface area contributed by atoms with Crippen molar-refractivity contribution in [2.45, 2.75) is 45.9 Å². The first kappa shape index (κ1) is 21.8. The molecule has 5 nitrogen and oxygen atoms in total. The first-order valence-electron chi connectivity index (χ1n) is 10.0. The van der Waals surface area contributed by atoms with Gasteiger partial charge in [0.25, 0.3) is 0 Å². The van der Waals surface area contributed by atoms with Gasteiger partial charge in [0.15, 0.2) is 11.2 Å². The van der Waals surface area contributed by atoms with Gasteiger partial charge in [-0.15, -0.1) is 0 Å². The molecule has 1 aliphatic carbocycles. The zero-order valence-corrected chi connectivity index (χ0v) is 17.6. The number of halogens is 3. The molecule has 0 N–H and O–H groups in total. The van der Waals surface area contributed by atoms with Crippen LogP contribution >= 0.6 is 0 Å². The van der Waals surface area contributed by atoms with Crippen molar-refractivity contribution < 1.29 is 31.9 Å². The Hall–Kier alpha value is -3.42. The van der Waals surface area contributed by atoms with Crippen LogP contribution in [0.2, 0.25) is 0 Å². The second-order valence-corrected chi connectivity index (χ2v) is 8.02. The number of rotatable bonds is 4. The van der Waals surface area contributed by atoms with Gasteiger partial charge in [0.05, 0.1) is 29.0 Å². The molecule has 1 aromatic heterocycles. The fraction of sp³-hybridized carbons (Fsp3) is 0.292. The summed E-state index contributed by atoms with van der Waals surface area (Å²) < 4.78 is 49.4. The molecule has 0 aliphatic heterocycles. The van der Waals surface area contributed by atoms with Crippen LogP contribution in [0, 0.1) is 6.92 Å². The van der Waals surface area contributed by atoms with Crippen molar-refractivity contribution in [2.75, 3.05) is 0 Å². The van der Waals surface area contributed by atoms with E-state index >= 15 is 0 Å². The van der Waals surface area contributed by atoms with Crippen LogP contribution in [-0.4, -0.2) is 23.8 Å². The molecule has 0 radical (unpaired) electrons. The van der Waals surface area contributed by atoms with Crippen molar-refractivity contribution in [3.05, 3.63) is 74.1 Å². The molecule has 0 fully saturated rings. The Balaban J connectivity index is 1.98. The Morgan fingerprint density at radius 3 is 2.38 bits per heavy atom. The SMILES string of the molecule is Cc1cc2c(c3oc(CCC(F)(F)F)cc(=O)c13)C(=O)c1c(OC(C)C)cccc1C2=O. The molecule has 2 aromatic carbocycles. The van der Waals surface area contributed by atoms with Crippen LogP contribution in [0.15, 0.2) is 39.5 Å².